The van der Waals surface area contributed by atoms with Crippen LogP contribution in [0.2, 0.25) is 0 Å². The summed E-state index contributed by atoms with van der Waals surface area (Å²) in [5.74, 6) is 1.70. The Hall–Kier alpha value is -5.08. The molecule has 6 aromatic carbocycles. The standard InChI is InChI=1S/C42H34O2/c1-41(37-15-7-3-11-33(37)34-12-4-8-16-38(34)41)29-19-23-31(24-20-29)43-27-28-44-32-25-21-30(22-26-32)42(2)39-17-9-5-13-35(39)36-14-6-10-18-40(36)42/h3-26H,27-28H2,1-2H3. The van der Waals surface area contributed by atoms with Crippen LogP contribution in [0.5, 0.6) is 11.5 Å². The zero-order chi connectivity index (χ0) is 29.7. The Kier molecular flexibility index (Phi) is 6.20. The predicted molar refractivity (Wildman–Crippen MR) is 179 cm³/mol. The molecule has 0 radical (unpaired) electrons. The van der Waals surface area contributed by atoms with Crippen molar-refractivity contribution in [2.45, 2.75) is 24.7 Å². The molecule has 0 N–H and O–H groups in total. The minimum atomic E-state index is -0.194. The zero-order valence-electron chi connectivity index (χ0n) is 25.1. The topological polar surface area (TPSA) is 18.5 Å². The van der Waals surface area contributed by atoms with Crippen molar-refractivity contribution >= 4 is 0 Å². The summed E-state index contributed by atoms with van der Waals surface area (Å²) in [6.07, 6.45) is 0. The fourth-order valence-corrected chi connectivity index (χ4v) is 7.62. The molecule has 2 nitrogen and oxygen atoms in total. The van der Waals surface area contributed by atoms with E-state index in [4.69, 9.17) is 9.47 Å². The predicted octanol–water partition coefficient (Wildman–Crippen LogP) is 9.81. The van der Waals surface area contributed by atoms with Crippen LogP contribution in [0.15, 0.2) is 146 Å². The van der Waals surface area contributed by atoms with E-state index >= 15 is 0 Å². The van der Waals surface area contributed by atoms with Gasteiger partial charge in [0.15, 0.2) is 0 Å². The van der Waals surface area contributed by atoms with Gasteiger partial charge in [0, 0.05) is 10.8 Å². The molecule has 8 rings (SSSR count). The molecule has 2 aliphatic rings. The summed E-state index contributed by atoms with van der Waals surface area (Å²) in [5, 5.41) is 0. The summed E-state index contributed by atoms with van der Waals surface area (Å²) >= 11 is 0. The van der Waals surface area contributed by atoms with E-state index in [-0.39, 0.29) is 10.8 Å². The van der Waals surface area contributed by atoms with Crippen molar-refractivity contribution in [2.75, 3.05) is 13.2 Å². The van der Waals surface area contributed by atoms with Crippen LogP contribution >= 0.6 is 0 Å². The summed E-state index contributed by atoms with van der Waals surface area (Å²) in [4.78, 5) is 0. The van der Waals surface area contributed by atoms with E-state index in [1.54, 1.807) is 0 Å². The van der Waals surface area contributed by atoms with Crippen LogP contribution in [0.3, 0.4) is 0 Å². The highest BCUT2D eigenvalue weighted by atomic mass is 16.5. The van der Waals surface area contributed by atoms with Gasteiger partial charge in [0.2, 0.25) is 0 Å². The van der Waals surface area contributed by atoms with E-state index in [1.807, 2.05) is 0 Å². The van der Waals surface area contributed by atoms with Gasteiger partial charge in [-0.05, 0) is 93.7 Å². The maximum absolute atomic E-state index is 6.09. The van der Waals surface area contributed by atoms with Crippen LogP contribution in [0, 0.1) is 0 Å². The average Bonchev–Trinajstić information content (AvgIpc) is 3.51. The second-order valence-electron chi connectivity index (χ2n) is 12.2. The van der Waals surface area contributed by atoms with E-state index in [0.29, 0.717) is 13.2 Å². The minimum Gasteiger partial charge on any atom is -0.490 e. The number of fused-ring (bicyclic) bond motifs is 6. The smallest absolute Gasteiger partial charge is 0.122 e. The first-order valence-electron chi connectivity index (χ1n) is 15.4. The van der Waals surface area contributed by atoms with Gasteiger partial charge in [-0.25, -0.2) is 0 Å². The molecule has 0 aliphatic heterocycles. The summed E-state index contributed by atoms with van der Waals surface area (Å²) in [6.45, 7) is 5.61. The molecular formula is C42H34O2. The van der Waals surface area contributed by atoms with E-state index in [2.05, 4.69) is 159 Å². The molecule has 0 fully saturated rings. The van der Waals surface area contributed by atoms with Crippen molar-refractivity contribution in [3.8, 4) is 33.8 Å². The number of hydrogen-bond donors (Lipinski definition) is 0. The first kappa shape index (κ1) is 26.5. The Morgan fingerprint density at radius 3 is 0.932 bits per heavy atom. The van der Waals surface area contributed by atoms with E-state index < -0.39 is 0 Å². The van der Waals surface area contributed by atoms with E-state index in [9.17, 15) is 0 Å². The number of ether oxygens (including phenoxy) is 2. The number of rotatable bonds is 7. The molecule has 214 valence electrons. The molecule has 0 aromatic heterocycles. The summed E-state index contributed by atoms with van der Waals surface area (Å²) in [5.41, 5.74) is 12.8. The van der Waals surface area contributed by atoms with Crippen molar-refractivity contribution in [2.24, 2.45) is 0 Å². The van der Waals surface area contributed by atoms with Gasteiger partial charge in [0.05, 0.1) is 0 Å². The summed E-state index contributed by atoms with van der Waals surface area (Å²) in [6, 6.07) is 52.2. The lowest BCUT2D eigenvalue weighted by molar-refractivity contribution is 0.217. The highest BCUT2D eigenvalue weighted by Gasteiger charge is 2.41. The molecule has 2 aliphatic carbocycles. The fraction of sp³-hybridized carbons (Fsp3) is 0.143. The lowest BCUT2D eigenvalue weighted by atomic mass is 9.74. The van der Waals surface area contributed by atoms with Crippen LogP contribution in [0.25, 0.3) is 22.3 Å². The van der Waals surface area contributed by atoms with Crippen molar-refractivity contribution in [1.29, 1.82) is 0 Å². The van der Waals surface area contributed by atoms with Gasteiger partial charge in [0.1, 0.15) is 24.7 Å². The molecule has 2 heteroatoms. The maximum atomic E-state index is 6.09. The normalized spacial score (nSPS) is 14.7. The van der Waals surface area contributed by atoms with Gasteiger partial charge < -0.3 is 9.47 Å². The van der Waals surface area contributed by atoms with Gasteiger partial charge in [-0.3, -0.25) is 0 Å². The fourth-order valence-electron chi connectivity index (χ4n) is 7.62. The first-order valence-corrected chi connectivity index (χ1v) is 15.4. The minimum absolute atomic E-state index is 0.194. The third-order valence-corrected chi connectivity index (χ3v) is 9.93. The Morgan fingerprint density at radius 2 is 0.636 bits per heavy atom. The molecule has 0 saturated heterocycles. The third-order valence-electron chi connectivity index (χ3n) is 9.93. The second kappa shape index (κ2) is 10.3. The van der Waals surface area contributed by atoms with Gasteiger partial charge in [0.25, 0.3) is 0 Å². The second-order valence-corrected chi connectivity index (χ2v) is 12.2. The van der Waals surface area contributed by atoms with Gasteiger partial charge in [-0.1, -0.05) is 121 Å². The lowest BCUT2D eigenvalue weighted by Crippen LogP contribution is -2.22. The quantitative estimate of drug-likeness (QED) is 0.178. The maximum Gasteiger partial charge on any atom is 0.122 e. The van der Waals surface area contributed by atoms with Crippen LogP contribution in [-0.2, 0) is 10.8 Å². The Balaban J connectivity index is 0.936. The van der Waals surface area contributed by atoms with Crippen LogP contribution in [0.4, 0.5) is 0 Å². The highest BCUT2D eigenvalue weighted by Crippen LogP contribution is 2.53. The largest absolute Gasteiger partial charge is 0.490 e. The van der Waals surface area contributed by atoms with Crippen molar-refractivity contribution in [1.82, 2.24) is 0 Å². The molecule has 0 unspecified atom stereocenters. The molecule has 0 amide bonds. The molecule has 0 spiro atoms. The van der Waals surface area contributed by atoms with Gasteiger partial charge in [-0.15, -0.1) is 0 Å². The number of hydrogen-bond acceptors (Lipinski definition) is 2. The third kappa shape index (κ3) is 3.94. The Morgan fingerprint density at radius 1 is 0.364 bits per heavy atom. The highest BCUT2D eigenvalue weighted by molar-refractivity contribution is 5.84. The summed E-state index contributed by atoms with van der Waals surface area (Å²) in [7, 11) is 0. The lowest BCUT2D eigenvalue weighted by Gasteiger charge is -2.28. The zero-order valence-corrected chi connectivity index (χ0v) is 25.1. The van der Waals surface area contributed by atoms with Crippen LogP contribution < -0.4 is 9.47 Å². The van der Waals surface area contributed by atoms with E-state index in [1.165, 1.54) is 55.6 Å². The van der Waals surface area contributed by atoms with E-state index in [0.717, 1.165) is 11.5 Å². The molecular weight excluding hydrogens is 536 g/mol. The molecule has 44 heavy (non-hydrogen) atoms. The van der Waals surface area contributed by atoms with Gasteiger partial charge in [-0.2, -0.15) is 0 Å². The molecule has 0 saturated carbocycles. The summed E-state index contributed by atoms with van der Waals surface area (Å²) < 4.78 is 12.2. The Labute approximate surface area is 259 Å². The van der Waals surface area contributed by atoms with Crippen LogP contribution in [0.1, 0.15) is 47.2 Å². The van der Waals surface area contributed by atoms with Crippen molar-refractivity contribution < 1.29 is 9.47 Å². The molecule has 6 aromatic rings. The van der Waals surface area contributed by atoms with Crippen LogP contribution in [-0.4, -0.2) is 13.2 Å². The molecule has 0 bridgehead atoms. The first-order chi connectivity index (χ1) is 21.6. The Bertz CT molecular complexity index is 1750. The molecule has 0 heterocycles. The average molecular weight is 571 g/mol. The monoisotopic (exact) mass is 570 g/mol. The van der Waals surface area contributed by atoms with Gasteiger partial charge >= 0.3 is 0 Å². The molecule has 0 atom stereocenters. The number of benzene rings is 6. The van der Waals surface area contributed by atoms with Crippen molar-refractivity contribution in [3.63, 3.8) is 0 Å². The van der Waals surface area contributed by atoms with Crippen molar-refractivity contribution in [3.05, 3.63) is 179 Å². The SMILES string of the molecule is CC1(c2ccc(OCCOc3ccc(C4(C)c5ccccc5-c5ccccc54)cc3)cc2)c2ccccc2-c2ccccc21.